The fraction of sp³-hybridized carbons (Fsp3) is 0.333. The Hall–Kier alpha value is -2.88. The van der Waals surface area contributed by atoms with Gasteiger partial charge in [0.2, 0.25) is 0 Å². The number of amides is 1. The molecular formula is C24H26N2O3S. The minimum absolute atomic E-state index is 0.0653. The average Bonchev–Trinajstić information content (AvgIpc) is 3.08. The van der Waals surface area contributed by atoms with Crippen LogP contribution in [0.3, 0.4) is 0 Å². The lowest BCUT2D eigenvalue weighted by atomic mass is 9.98. The molecule has 5 nitrogen and oxygen atoms in total. The van der Waals surface area contributed by atoms with Crippen LogP contribution in [0.25, 0.3) is 21.3 Å². The lowest BCUT2D eigenvalue weighted by Crippen LogP contribution is -2.32. The Morgan fingerprint density at radius 3 is 2.77 bits per heavy atom. The summed E-state index contributed by atoms with van der Waals surface area (Å²) in [5, 5.41) is 12.8. The molecule has 0 fully saturated rings. The predicted octanol–water partition coefficient (Wildman–Crippen LogP) is 5.03. The summed E-state index contributed by atoms with van der Waals surface area (Å²) < 4.78 is 5.30. The molecule has 6 heteroatoms. The number of ether oxygens (including phenoxy) is 1. The topological polar surface area (TPSA) is 71.5 Å². The lowest BCUT2D eigenvalue weighted by molar-refractivity contribution is 0.0523. The van der Waals surface area contributed by atoms with Crippen molar-refractivity contribution in [2.75, 3.05) is 6.61 Å². The molecule has 156 valence electrons. The number of nitrogens with zero attached hydrogens (tertiary/aromatic N) is 1. The molecule has 3 aromatic rings. The average molecular weight is 423 g/mol. The fourth-order valence-corrected chi connectivity index (χ4v) is 3.90. The minimum Gasteiger partial charge on any atom is -0.444 e. The normalized spacial score (nSPS) is 11.1. The number of benzene rings is 1. The molecule has 0 spiro atoms. The number of carbonyl (C=O) groups is 1. The molecule has 0 aliphatic heterocycles. The van der Waals surface area contributed by atoms with Gasteiger partial charge in [-0.25, -0.2) is 9.78 Å². The number of hydrogen-bond acceptors (Lipinski definition) is 5. The van der Waals surface area contributed by atoms with E-state index >= 15 is 0 Å². The van der Waals surface area contributed by atoms with Crippen LogP contribution in [-0.4, -0.2) is 28.4 Å². The summed E-state index contributed by atoms with van der Waals surface area (Å²) >= 11 is 1.55. The zero-order chi connectivity index (χ0) is 21.7. The van der Waals surface area contributed by atoms with Crippen LogP contribution in [0.2, 0.25) is 0 Å². The smallest absolute Gasteiger partial charge is 0.407 e. The second kappa shape index (κ2) is 9.29. The summed E-state index contributed by atoms with van der Waals surface area (Å²) in [4.78, 5) is 18.3. The molecule has 0 saturated heterocycles. The number of thiophene rings is 1. The number of aryl methyl sites for hydroxylation is 1. The van der Waals surface area contributed by atoms with E-state index in [1.54, 1.807) is 11.3 Å². The van der Waals surface area contributed by atoms with Gasteiger partial charge in [-0.1, -0.05) is 30.0 Å². The third-order valence-corrected chi connectivity index (χ3v) is 5.32. The number of alkyl carbamates (subject to hydrolysis) is 1. The number of nitrogens with one attached hydrogen (secondary N) is 1. The monoisotopic (exact) mass is 422 g/mol. The number of hydrogen-bond donors (Lipinski definition) is 2. The van der Waals surface area contributed by atoms with E-state index in [4.69, 9.17) is 9.84 Å². The van der Waals surface area contributed by atoms with Crippen LogP contribution in [-0.2, 0) is 11.3 Å². The second-order valence-corrected chi connectivity index (χ2v) is 8.99. The van der Waals surface area contributed by atoms with Crippen LogP contribution in [0.4, 0.5) is 4.79 Å². The molecule has 0 unspecified atom stereocenters. The van der Waals surface area contributed by atoms with Gasteiger partial charge in [-0.3, -0.25) is 0 Å². The van der Waals surface area contributed by atoms with Crippen molar-refractivity contribution in [1.82, 2.24) is 10.3 Å². The van der Waals surface area contributed by atoms with Gasteiger partial charge in [-0.05, 0) is 62.1 Å². The first-order chi connectivity index (χ1) is 14.3. The zero-order valence-corrected chi connectivity index (χ0v) is 18.5. The molecule has 1 aromatic carbocycles. The first-order valence-corrected chi connectivity index (χ1v) is 10.6. The molecule has 0 bridgehead atoms. The summed E-state index contributed by atoms with van der Waals surface area (Å²) in [6.07, 6.45) is 1.86. The lowest BCUT2D eigenvalue weighted by Gasteiger charge is -2.20. The maximum absolute atomic E-state index is 11.9. The van der Waals surface area contributed by atoms with Gasteiger partial charge in [0.1, 0.15) is 10.4 Å². The molecule has 3 rings (SSSR count). The van der Waals surface area contributed by atoms with Crippen molar-refractivity contribution in [2.24, 2.45) is 0 Å². The number of aliphatic hydroxyl groups is 1. The predicted molar refractivity (Wildman–Crippen MR) is 121 cm³/mol. The number of carbonyl (C=O) groups excluding carboxylic acids is 1. The molecule has 2 heterocycles. The second-order valence-electron chi connectivity index (χ2n) is 7.96. The highest BCUT2D eigenvalue weighted by molar-refractivity contribution is 7.19. The number of pyridine rings is 1. The number of aromatic nitrogens is 1. The third-order valence-electron chi connectivity index (χ3n) is 4.36. The first kappa shape index (κ1) is 21.8. The van der Waals surface area contributed by atoms with Crippen LogP contribution in [0.15, 0.2) is 36.5 Å². The van der Waals surface area contributed by atoms with Crippen molar-refractivity contribution in [3.63, 3.8) is 0 Å². The number of aliphatic hydroxyl groups excluding tert-OH is 1. The Bertz CT molecular complexity index is 1120. The van der Waals surface area contributed by atoms with E-state index in [2.05, 4.69) is 40.3 Å². The van der Waals surface area contributed by atoms with Crippen LogP contribution >= 0.6 is 11.3 Å². The fourth-order valence-electron chi connectivity index (χ4n) is 3.00. The Morgan fingerprint density at radius 2 is 2.07 bits per heavy atom. The van der Waals surface area contributed by atoms with Crippen molar-refractivity contribution >= 4 is 27.6 Å². The minimum atomic E-state index is -0.516. The van der Waals surface area contributed by atoms with Crippen molar-refractivity contribution < 1.29 is 14.6 Å². The highest BCUT2D eigenvalue weighted by Gasteiger charge is 2.16. The first-order valence-electron chi connectivity index (χ1n) is 9.82. The zero-order valence-electron chi connectivity index (χ0n) is 17.7. The largest absolute Gasteiger partial charge is 0.444 e. The van der Waals surface area contributed by atoms with Crippen molar-refractivity contribution in [2.45, 2.75) is 46.3 Å². The van der Waals surface area contributed by atoms with E-state index < -0.39 is 11.7 Å². The highest BCUT2D eigenvalue weighted by Crippen LogP contribution is 2.33. The molecule has 2 N–H and O–H groups in total. The van der Waals surface area contributed by atoms with E-state index in [1.165, 1.54) is 0 Å². The Labute approximate surface area is 181 Å². The van der Waals surface area contributed by atoms with Gasteiger partial charge in [-0.15, -0.1) is 11.3 Å². The van der Waals surface area contributed by atoms with Gasteiger partial charge < -0.3 is 15.2 Å². The van der Waals surface area contributed by atoms with E-state index in [1.807, 2.05) is 46.0 Å². The van der Waals surface area contributed by atoms with Gasteiger partial charge in [-0.2, -0.15) is 0 Å². The Morgan fingerprint density at radius 1 is 1.27 bits per heavy atom. The molecule has 2 aromatic heterocycles. The number of rotatable bonds is 4. The standard InChI is InChI=1S/C24H26N2O3S/c1-16-13-17(8-9-18(16)15-26-23(28)29-24(2,3)4)20-10-11-25-22-21(20)14-19(30-22)7-5-6-12-27/h8-11,13-14,27H,6,12,15H2,1-4H3,(H,26,28). The van der Waals surface area contributed by atoms with Crippen LogP contribution in [0, 0.1) is 18.8 Å². The van der Waals surface area contributed by atoms with E-state index in [9.17, 15) is 4.79 Å². The summed E-state index contributed by atoms with van der Waals surface area (Å²) in [6, 6.07) is 10.3. The Balaban J connectivity index is 1.82. The van der Waals surface area contributed by atoms with Gasteiger partial charge >= 0.3 is 6.09 Å². The number of fused-ring (bicyclic) bond motifs is 1. The van der Waals surface area contributed by atoms with E-state index in [-0.39, 0.29) is 6.61 Å². The van der Waals surface area contributed by atoms with Crippen LogP contribution < -0.4 is 5.32 Å². The van der Waals surface area contributed by atoms with Crippen molar-refractivity contribution in [1.29, 1.82) is 0 Å². The van der Waals surface area contributed by atoms with E-state index in [0.29, 0.717) is 13.0 Å². The van der Waals surface area contributed by atoms with Crippen LogP contribution in [0.1, 0.15) is 43.2 Å². The molecule has 30 heavy (non-hydrogen) atoms. The summed E-state index contributed by atoms with van der Waals surface area (Å²) in [6.45, 7) is 8.04. The molecule has 0 aliphatic rings. The maximum atomic E-state index is 11.9. The maximum Gasteiger partial charge on any atom is 0.407 e. The van der Waals surface area contributed by atoms with Gasteiger partial charge in [0.25, 0.3) is 0 Å². The van der Waals surface area contributed by atoms with E-state index in [0.717, 1.165) is 37.3 Å². The summed E-state index contributed by atoms with van der Waals surface area (Å²) in [5.74, 6) is 6.06. The molecule has 0 saturated carbocycles. The highest BCUT2D eigenvalue weighted by atomic mass is 32.1. The van der Waals surface area contributed by atoms with Gasteiger partial charge in [0.05, 0.1) is 11.5 Å². The van der Waals surface area contributed by atoms with Crippen LogP contribution in [0.5, 0.6) is 0 Å². The SMILES string of the molecule is Cc1cc(-c2ccnc3sc(C#CCCO)cc23)ccc1CNC(=O)OC(C)(C)C. The molecule has 1 amide bonds. The summed E-state index contributed by atoms with van der Waals surface area (Å²) in [7, 11) is 0. The molecule has 0 radical (unpaired) electrons. The van der Waals surface area contributed by atoms with Crippen molar-refractivity contribution in [3.8, 4) is 23.0 Å². The van der Waals surface area contributed by atoms with Crippen molar-refractivity contribution in [3.05, 3.63) is 52.5 Å². The molecule has 0 atom stereocenters. The van der Waals surface area contributed by atoms with Gasteiger partial charge in [0, 0.05) is 24.5 Å². The quantitative estimate of drug-likeness (QED) is 0.579. The summed E-state index contributed by atoms with van der Waals surface area (Å²) in [5.41, 5.74) is 3.80. The molecular weight excluding hydrogens is 396 g/mol. The van der Waals surface area contributed by atoms with Gasteiger partial charge in [0.15, 0.2) is 0 Å². The Kier molecular flexibility index (Phi) is 6.76. The molecule has 0 aliphatic carbocycles. The third kappa shape index (κ3) is 5.59.